The van der Waals surface area contributed by atoms with E-state index in [2.05, 4.69) is 10.6 Å². The zero-order chi connectivity index (χ0) is 17.5. The monoisotopic (exact) mass is 330 g/mol. The minimum Gasteiger partial charge on any atom is -0.480 e. The summed E-state index contributed by atoms with van der Waals surface area (Å²) in [7, 11) is 0. The molecule has 7 nitrogen and oxygen atoms in total. The second-order valence-electron chi connectivity index (χ2n) is 5.42. The zero-order valence-electron chi connectivity index (χ0n) is 14.2. The Hall–Kier alpha value is -1.63. The number of unbranched alkanes of at least 4 members (excludes halogenated alkanes) is 1. The number of carboxylic acids is 1. The maximum atomic E-state index is 11.7. The second kappa shape index (κ2) is 14.0. The maximum Gasteiger partial charge on any atom is 0.326 e. The largest absolute Gasteiger partial charge is 0.480 e. The lowest BCUT2D eigenvalue weighted by molar-refractivity contribution is -0.142. The fourth-order valence-corrected chi connectivity index (χ4v) is 1.95. The van der Waals surface area contributed by atoms with Gasteiger partial charge in [0.2, 0.25) is 11.8 Å². The molecule has 3 N–H and O–H groups in total. The van der Waals surface area contributed by atoms with Crippen molar-refractivity contribution >= 4 is 17.8 Å². The van der Waals surface area contributed by atoms with Crippen LogP contribution in [0.1, 0.15) is 58.8 Å². The molecule has 0 heterocycles. The van der Waals surface area contributed by atoms with E-state index < -0.39 is 12.0 Å². The molecule has 0 aliphatic rings. The van der Waals surface area contributed by atoms with Gasteiger partial charge < -0.3 is 20.5 Å². The minimum atomic E-state index is -1.04. The summed E-state index contributed by atoms with van der Waals surface area (Å²) in [6, 6.07) is -0.889. The molecule has 0 aliphatic carbocycles. The van der Waals surface area contributed by atoms with Crippen molar-refractivity contribution in [3.63, 3.8) is 0 Å². The van der Waals surface area contributed by atoms with Crippen molar-refractivity contribution in [3.8, 4) is 0 Å². The molecule has 0 saturated carbocycles. The van der Waals surface area contributed by atoms with Crippen LogP contribution in [0.2, 0.25) is 0 Å². The van der Waals surface area contributed by atoms with Crippen molar-refractivity contribution in [2.75, 3.05) is 19.8 Å². The summed E-state index contributed by atoms with van der Waals surface area (Å²) in [5.41, 5.74) is 0. The highest BCUT2D eigenvalue weighted by Crippen LogP contribution is 2.02. The van der Waals surface area contributed by atoms with E-state index in [1.807, 2.05) is 13.8 Å². The lowest BCUT2D eigenvalue weighted by Crippen LogP contribution is -2.41. The molecule has 0 aromatic carbocycles. The number of carbonyl (C=O) groups is 3. The van der Waals surface area contributed by atoms with E-state index >= 15 is 0 Å². The number of nitrogens with one attached hydrogen (secondary N) is 2. The summed E-state index contributed by atoms with van der Waals surface area (Å²) < 4.78 is 5.20. The summed E-state index contributed by atoms with van der Waals surface area (Å²) in [6.07, 6.45) is 4.02. The Morgan fingerprint density at radius 2 is 1.74 bits per heavy atom. The highest BCUT2D eigenvalue weighted by molar-refractivity contribution is 5.83. The number of rotatable bonds is 14. The van der Waals surface area contributed by atoms with E-state index in [0.29, 0.717) is 45.4 Å². The highest BCUT2D eigenvalue weighted by atomic mass is 16.5. The molecule has 0 saturated heterocycles. The van der Waals surface area contributed by atoms with Crippen LogP contribution in [-0.4, -0.2) is 48.7 Å². The van der Waals surface area contributed by atoms with Gasteiger partial charge in [0.15, 0.2) is 0 Å². The predicted molar refractivity (Wildman–Crippen MR) is 87.1 cm³/mol. The lowest BCUT2D eigenvalue weighted by Gasteiger charge is -2.14. The molecule has 0 bridgehead atoms. The van der Waals surface area contributed by atoms with Crippen LogP contribution in [0.15, 0.2) is 0 Å². The Balaban J connectivity index is 3.87. The summed E-state index contributed by atoms with van der Waals surface area (Å²) in [5.74, 6) is -1.34. The smallest absolute Gasteiger partial charge is 0.326 e. The summed E-state index contributed by atoms with van der Waals surface area (Å²) in [4.78, 5) is 34.1. The third-order valence-corrected chi connectivity index (χ3v) is 3.17. The Labute approximate surface area is 138 Å². The molecule has 7 heteroatoms. The number of ether oxygens (including phenoxy) is 1. The van der Waals surface area contributed by atoms with E-state index in [-0.39, 0.29) is 18.2 Å². The first-order valence-electron chi connectivity index (χ1n) is 8.37. The van der Waals surface area contributed by atoms with Crippen molar-refractivity contribution in [2.24, 2.45) is 0 Å². The molecule has 134 valence electrons. The van der Waals surface area contributed by atoms with E-state index in [1.54, 1.807) is 0 Å². The summed E-state index contributed by atoms with van der Waals surface area (Å²) >= 11 is 0. The van der Waals surface area contributed by atoms with Crippen LogP contribution in [0.3, 0.4) is 0 Å². The topological polar surface area (TPSA) is 105 Å². The van der Waals surface area contributed by atoms with Gasteiger partial charge in [-0.05, 0) is 32.1 Å². The van der Waals surface area contributed by atoms with Crippen molar-refractivity contribution < 1.29 is 24.2 Å². The molecule has 0 aromatic rings. The minimum absolute atomic E-state index is 0.0164. The standard InChI is InChI=1S/C16H30N2O5/c1-3-7-14(19)17-10-6-5-8-13(16(21)22)18-15(20)9-12-23-11-4-2/h13H,3-12H2,1-2H3,(H,17,19)(H,18,20)(H,21,22)/t13-/m1/s1. The van der Waals surface area contributed by atoms with Gasteiger partial charge in [0.1, 0.15) is 6.04 Å². The first kappa shape index (κ1) is 21.4. The molecule has 0 spiro atoms. The van der Waals surface area contributed by atoms with E-state index in [4.69, 9.17) is 9.84 Å². The van der Waals surface area contributed by atoms with Crippen molar-refractivity contribution in [1.82, 2.24) is 10.6 Å². The van der Waals surface area contributed by atoms with Crippen LogP contribution in [0.25, 0.3) is 0 Å². The van der Waals surface area contributed by atoms with Gasteiger partial charge in [-0.25, -0.2) is 4.79 Å². The van der Waals surface area contributed by atoms with Gasteiger partial charge in [0, 0.05) is 26.0 Å². The molecule has 1 atom stereocenters. The highest BCUT2D eigenvalue weighted by Gasteiger charge is 2.19. The normalized spacial score (nSPS) is 11.7. The first-order valence-corrected chi connectivity index (χ1v) is 8.37. The first-order chi connectivity index (χ1) is 11.0. The Morgan fingerprint density at radius 3 is 2.35 bits per heavy atom. The maximum absolute atomic E-state index is 11.7. The molecule has 2 amide bonds. The Bertz CT molecular complexity index is 360. The van der Waals surface area contributed by atoms with Gasteiger partial charge in [-0.3, -0.25) is 9.59 Å². The number of carboxylic acid groups (broad SMARTS) is 1. The molecule has 0 fully saturated rings. The predicted octanol–water partition coefficient (Wildman–Crippen LogP) is 1.46. The van der Waals surface area contributed by atoms with Gasteiger partial charge >= 0.3 is 5.97 Å². The van der Waals surface area contributed by atoms with E-state index in [9.17, 15) is 14.4 Å². The third kappa shape index (κ3) is 12.6. The molecule has 0 rings (SSSR count). The second-order valence-corrected chi connectivity index (χ2v) is 5.42. The summed E-state index contributed by atoms with van der Waals surface area (Å²) in [5, 5.41) is 14.4. The van der Waals surface area contributed by atoms with Crippen LogP contribution >= 0.6 is 0 Å². The Morgan fingerprint density at radius 1 is 1.00 bits per heavy atom. The molecular formula is C16H30N2O5. The SMILES string of the molecule is CCCOCCC(=O)N[C@H](CCCCNC(=O)CCC)C(=O)O. The van der Waals surface area contributed by atoms with Crippen LogP contribution in [-0.2, 0) is 19.1 Å². The molecule has 23 heavy (non-hydrogen) atoms. The van der Waals surface area contributed by atoms with E-state index in [0.717, 1.165) is 12.8 Å². The van der Waals surface area contributed by atoms with Gasteiger partial charge in [0.05, 0.1) is 6.61 Å². The quantitative estimate of drug-likeness (QED) is 0.418. The number of hydrogen-bond acceptors (Lipinski definition) is 4. The molecular weight excluding hydrogens is 300 g/mol. The van der Waals surface area contributed by atoms with Crippen LogP contribution < -0.4 is 10.6 Å². The van der Waals surface area contributed by atoms with Crippen molar-refractivity contribution in [2.45, 2.75) is 64.8 Å². The van der Waals surface area contributed by atoms with Gasteiger partial charge in [-0.1, -0.05) is 13.8 Å². The van der Waals surface area contributed by atoms with Crippen LogP contribution in [0, 0.1) is 0 Å². The van der Waals surface area contributed by atoms with Crippen LogP contribution in [0.5, 0.6) is 0 Å². The molecule has 0 radical (unpaired) electrons. The number of hydrogen-bond donors (Lipinski definition) is 3. The number of amides is 2. The molecule has 0 aromatic heterocycles. The lowest BCUT2D eigenvalue weighted by atomic mass is 10.1. The van der Waals surface area contributed by atoms with E-state index in [1.165, 1.54) is 0 Å². The molecule has 0 aliphatic heterocycles. The third-order valence-electron chi connectivity index (χ3n) is 3.17. The average Bonchev–Trinajstić information content (AvgIpc) is 2.50. The number of aliphatic carboxylic acids is 1. The Kier molecular flexibility index (Phi) is 13.0. The van der Waals surface area contributed by atoms with Crippen molar-refractivity contribution in [3.05, 3.63) is 0 Å². The van der Waals surface area contributed by atoms with Gasteiger partial charge in [-0.2, -0.15) is 0 Å². The zero-order valence-corrected chi connectivity index (χ0v) is 14.2. The van der Waals surface area contributed by atoms with Crippen LogP contribution in [0.4, 0.5) is 0 Å². The summed E-state index contributed by atoms with van der Waals surface area (Å²) in [6.45, 7) is 5.34. The van der Waals surface area contributed by atoms with Crippen molar-refractivity contribution in [1.29, 1.82) is 0 Å². The fourth-order valence-electron chi connectivity index (χ4n) is 1.95. The average molecular weight is 330 g/mol. The number of carbonyl (C=O) groups excluding carboxylic acids is 2. The molecule has 0 unspecified atom stereocenters. The fraction of sp³-hybridized carbons (Fsp3) is 0.812. The van der Waals surface area contributed by atoms with Gasteiger partial charge in [-0.15, -0.1) is 0 Å². The van der Waals surface area contributed by atoms with Gasteiger partial charge in [0.25, 0.3) is 0 Å².